The van der Waals surface area contributed by atoms with Gasteiger partial charge < -0.3 is 9.73 Å². The largest absolute Gasteiger partial charge is 0.451 e. The van der Waals surface area contributed by atoms with Crippen LogP contribution in [0.15, 0.2) is 40.8 Å². The minimum Gasteiger partial charge on any atom is -0.451 e. The van der Waals surface area contributed by atoms with Gasteiger partial charge in [0.1, 0.15) is 5.76 Å². The number of nitrogens with one attached hydrogen (secondary N) is 1. The molecule has 2 aromatic rings. The number of hydrogen-bond donors (Lipinski definition) is 1. The van der Waals surface area contributed by atoms with Gasteiger partial charge in [-0.1, -0.05) is 12.1 Å². The fourth-order valence-electron chi connectivity index (χ4n) is 5.77. The Kier molecular flexibility index (Phi) is 3.81. The van der Waals surface area contributed by atoms with E-state index in [1.54, 1.807) is 24.3 Å². The Morgan fingerprint density at radius 3 is 2.41 bits per heavy atom. The molecule has 6 rings (SSSR count). The Hall–Kier alpha value is -2.63. The molecular formula is C21H22N2O4. The van der Waals surface area contributed by atoms with E-state index in [1.807, 2.05) is 0 Å². The van der Waals surface area contributed by atoms with Crippen molar-refractivity contribution in [3.63, 3.8) is 0 Å². The standard InChI is InChI=1S/C21H22N2O4/c24-21(22-20-15-7-12-6-13(9-15)10-16(20)8-12)19-5-4-18(27-19)14-2-1-3-17(11-14)23(25)26/h1-5,11-13,15-16,20H,6-10H2,(H,22,24). The maximum absolute atomic E-state index is 12.7. The lowest BCUT2D eigenvalue weighted by atomic mass is 9.54. The van der Waals surface area contributed by atoms with Crippen LogP contribution >= 0.6 is 0 Å². The normalized spacial score (nSPS) is 31.0. The third kappa shape index (κ3) is 2.93. The predicted octanol–water partition coefficient (Wildman–Crippen LogP) is 4.41. The summed E-state index contributed by atoms with van der Waals surface area (Å²) >= 11 is 0. The summed E-state index contributed by atoms with van der Waals surface area (Å²) in [7, 11) is 0. The van der Waals surface area contributed by atoms with E-state index in [1.165, 1.54) is 44.2 Å². The van der Waals surface area contributed by atoms with E-state index < -0.39 is 4.92 Å². The lowest BCUT2D eigenvalue weighted by Gasteiger charge is -2.54. The molecule has 1 amide bonds. The number of carbonyl (C=O) groups is 1. The summed E-state index contributed by atoms with van der Waals surface area (Å²) in [5.41, 5.74) is 0.598. The van der Waals surface area contributed by atoms with Crippen molar-refractivity contribution in [3.05, 3.63) is 52.3 Å². The fraction of sp³-hybridized carbons (Fsp3) is 0.476. The van der Waals surface area contributed by atoms with Crippen LogP contribution < -0.4 is 5.32 Å². The Morgan fingerprint density at radius 2 is 1.74 bits per heavy atom. The van der Waals surface area contributed by atoms with Gasteiger partial charge in [0, 0.05) is 23.7 Å². The molecule has 6 nitrogen and oxygen atoms in total. The highest BCUT2D eigenvalue weighted by Crippen LogP contribution is 2.53. The van der Waals surface area contributed by atoms with Crippen LogP contribution in [0.1, 0.15) is 42.7 Å². The number of non-ortho nitro benzene ring substituents is 1. The third-order valence-corrected chi connectivity index (χ3v) is 6.70. The van der Waals surface area contributed by atoms with Crippen LogP contribution in [0, 0.1) is 33.8 Å². The van der Waals surface area contributed by atoms with Gasteiger partial charge in [-0.15, -0.1) is 0 Å². The van der Waals surface area contributed by atoms with Gasteiger partial charge in [-0.25, -0.2) is 0 Å². The summed E-state index contributed by atoms with van der Waals surface area (Å²) in [6, 6.07) is 9.86. The molecule has 0 saturated heterocycles. The maximum Gasteiger partial charge on any atom is 0.287 e. The quantitative estimate of drug-likeness (QED) is 0.641. The first-order valence-electron chi connectivity index (χ1n) is 9.72. The van der Waals surface area contributed by atoms with Crippen LogP contribution in [0.25, 0.3) is 11.3 Å². The van der Waals surface area contributed by atoms with Gasteiger partial charge in [-0.3, -0.25) is 14.9 Å². The van der Waals surface area contributed by atoms with E-state index in [9.17, 15) is 14.9 Å². The van der Waals surface area contributed by atoms with Crippen LogP contribution in [-0.2, 0) is 0 Å². The second kappa shape index (κ2) is 6.22. The summed E-state index contributed by atoms with van der Waals surface area (Å²) < 4.78 is 5.73. The van der Waals surface area contributed by atoms with Crippen molar-refractivity contribution in [2.75, 3.05) is 0 Å². The Morgan fingerprint density at radius 1 is 1.04 bits per heavy atom. The van der Waals surface area contributed by atoms with Crippen molar-refractivity contribution >= 4 is 11.6 Å². The summed E-state index contributed by atoms with van der Waals surface area (Å²) in [5.74, 6) is 3.51. The van der Waals surface area contributed by atoms with Gasteiger partial charge in [-0.05, 0) is 67.9 Å². The van der Waals surface area contributed by atoms with Crippen LogP contribution in [-0.4, -0.2) is 16.9 Å². The molecule has 1 N–H and O–H groups in total. The highest BCUT2D eigenvalue weighted by molar-refractivity contribution is 5.92. The van der Waals surface area contributed by atoms with E-state index in [2.05, 4.69) is 5.32 Å². The van der Waals surface area contributed by atoms with Gasteiger partial charge in [0.25, 0.3) is 11.6 Å². The Balaban J connectivity index is 1.32. The van der Waals surface area contributed by atoms with Crippen LogP contribution in [0.2, 0.25) is 0 Å². The van der Waals surface area contributed by atoms with Gasteiger partial charge in [-0.2, -0.15) is 0 Å². The molecule has 6 heteroatoms. The minimum atomic E-state index is -0.438. The van der Waals surface area contributed by atoms with Gasteiger partial charge >= 0.3 is 0 Å². The smallest absolute Gasteiger partial charge is 0.287 e. The first-order valence-corrected chi connectivity index (χ1v) is 9.72. The lowest BCUT2D eigenvalue weighted by molar-refractivity contribution is -0.384. The molecule has 0 spiro atoms. The number of furan rings is 1. The molecule has 0 atom stereocenters. The number of hydrogen-bond acceptors (Lipinski definition) is 4. The number of nitro benzene ring substituents is 1. The van der Waals surface area contributed by atoms with Crippen LogP contribution in [0.5, 0.6) is 0 Å². The summed E-state index contributed by atoms with van der Waals surface area (Å²) in [6.07, 6.45) is 6.37. The molecule has 0 aliphatic heterocycles. The number of benzene rings is 1. The Labute approximate surface area is 157 Å². The van der Waals surface area contributed by atoms with Crippen LogP contribution in [0.3, 0.4) is 0 Å². The van der Waals surface area contributed by atoms with Crippen molar-refractivity contribution in [2.45, 2.75) is 38.1 Å². The molecule has 1 aromatic carbocycles. The number of nitro groups is 1. The van der Waals surface area contributed by atoms with Gasteiger partial charge in [0.05, 0.1) is 4.92 Å². The van der Waals surface area contributed by atoms with E-state index >= 15 is 0 Å². The number of carbonyl (C=O) groups excluding carboxylic acids is 1. The predicted molar refractivity (Wildman–Crippen MR) is 99.1 cm³/mol. The average Bonchev–Trinajstić information content (AvgIpc) is 3.14. The van der Waals surface area contributed by atoms with Crippen molar-refractivity contribution in [1.29, 1.82) is 0 Å². The second-order valence-electron chi connectivity index (χ2n) is 8.40. The molecule has 1 aromatic heterocycles. The third-order valence-electron chi connectivity index (χ3n) is 6.70. The number of rotatable bonds is 4. The monoisotopic (exact) mass is 366 g/mol. The first-order chi connectivity index (χ1) is 13.1. The molecule has 4 aliphatic carbocycles. The number of nitrogens with zero attached hydrogens (tertiary/aromatic N) is 1. The SMILES string of the molecule is O=C(NC1C2CC3CC(C2)CC1C3)c1ccc(-c2cccc([N+](=O)[O-])c2)o1. The lowest BCUT2D eigenvalue weighted by Crippen LogP contribution is -2.55. The first kappa shape index (κ1) is 16.5. The van der Waals surface area contributed by atoms with Crippen molar-refractivity contribution < 1.29 is 14.1 Å². The molecule has 0 radical (unpaired) electrons. The molecule has 4 fully saturated rings. The Bertz CT molecular complexity index is 875. The van der Waals surface area contributed by atoms with Crippen molar-refractivity contribution in [1.82, 2.24) is 5.32 Å². The summed E-state index contributed by atoms with van der Waals surface area (Å²) in [5, 5.41) is 14.2. The van der Waals surface area contributed by atoms with Crippen LogP contribution in [0.4, 0.5) is 5.69 Å². The highest BCUT2D eigenvalue weighted by atomic mass is 16.6. The topological polar surface area (TPSA) is 85.4 Å². The summed E-state index contributed by atoms with van der Waals surface area (Å²) in [4.78, 5) is 23.3. The van der Waals surface area contributed by atoms with E-state index in [-0.39, 0.29) is 23.4 Å². The highest BCUT2D eigenvalue weighted by Gasteiger charge is 2.48. The zero-order chi connectivity index (χ0) is 18.5. The fourth-order valence-corrected chi connectivity index (χ4v) is 5.77. The minimum absolute atomic E-state index is 0.00324. The zero-order valence-electron chi connectivity index (χ0n) is 15.0. The molecule has 4 bridgehead atoms. The molecule has 4 saturated carbocycles. The number of amides is 1. The molecular weight excluding hydrogens is 344 g/mol. The molecule has 0 unspecified atom stereocenters. The molecule has 1 heterocycles. The van der Waals surface area contributed by atoms with E-state index in [4.69, 9.17) is 4.42 Å². The zero-order valence-corrected chi connectivity index (χ0v) is 15.0. The van der Waals surface area contributed by atoms with E-state index in [0.29, 0.717) is 23.2 Å². The van der Waals surface area contributed by atoms with Gasteiger partial charge in [0.15, 0.2) is 5.76 Å². The second-order valence-corrected chi connectivity index (χ2v) is 8.40. The summed E-state index contributed by atoms with van der Waals surface area (Å²) in [6.45, 7) is 0. The molecule has 4 aliphatic rings. The maximum atomic E-state index is 12.7. The van der Waals surface area contributed by atoms with Crippen molar-refractivity contribution in [2.24, 2.45) is 23.7 Å². The van der Waals surface area contributed by atoms with Gasteiger partial charge in [0.2, 0.25) is 0 Å². The van der Waals surface area contributed by atoms with Crippen molar-refractivity contribution in [3.8, 4) is 11.3 Å². The average molecular weight is 366 g/mol. The van der Waals surface area contributed by atoms with E-state index in [0.717, 1.165) is 11.8 Å². The molecule has 140 valence electrons. The molecule has 27 heavy (non-hydrogen) atoms.